The van der Waals surface area contributed by atoms with Crippen LogP contribution < -0.4 is 0 Å². The van der Waals surface area contributed by atoms with Gasteiger partial charge in [0.2, 0.25) is 0 Å². The predicted molar refractivity (Wildman–Crippen MR) is 50.9 cm³/mol. The van der Waals surface area contributed by atoms with Crippen molar-refractivity contribution in [2.24, 2.45) is 5.92 Å². The van der Waals surface area contributed by atoms with Crippen molar-refractivity contribution >= 4 is 11.9 Å². The van der Waals surface area contributed by atoms with Crippen molar-refractivity contribution in [3.8, 4) is 0 Å². The molecule has 0 unspecified atom stereocenters. The lowest BCUT2D eigenvalue weighted by atomic mass is 9.83. The molecule has 1 aliphatic carbocycles. The average molecular weight is 216 g/mol. The predicted octanol–water partition coefficient (Wildman–Crippen LogP) is 0.903. The molecule has 1 rings (SSSR count). The molecule has 0 bridgehead atoms. The summed E-state index contributed by atoms with van der Waals surface area (Å²) in [7, 11) is 0. The van der Waals surface area contributed by atoms with Gasteiger partial charge < -0.3 is 14.9 Å². The standard InChI is InChI=1S/C10H16O5/c1-7(11)15-10(14,9(12)13)8-5-3-2-4-6-8/h8,14H,2-6H2,1H3,(H,12,13)/t10-/m0/s1. The molecule has 5 nitrogen and oxygen atoms in total. The molecular formula is C10H16O5. The highest BCUT2D eigenvalue weighted by Crippen LogP contribution is 2.33. The molecule has 1 aliphatic rings. The smallest absolute Gasteiger partial charge is 0.377 e. The van der Waals surface area contributed by atoms with E-state index in [-0.39, 0.29) is 0 Å². The Balaban J connectivity index is 2.78. The monoisotopic (exact) mass is 216 g/mol. The van der Waals surface area contributed by atoms with Crippen molar-refractivity contribution in [2.45, 2.75) is 44.8 Å². The molecule has 0 aromatic carbocycles. The van der Waals surface area contributed by atoms with E-state index in [9.17, 15) is 14.7 Å². The fourth-order valence-corrected chi connectivity index (χ4v) is 2.01. The molecule has 0 radical (unpaired) electrons. The third-order valence-electron chi connectivity index (χ3n) is 2.76. The summed E-state index contributed by atoms with van der Waals surface area (Å²) < 4.78 is 4.56. The zero-order chi connectivity index (χ0) is 11.5. The number of hydrogen-bond acceptors (Lipinski definition) is 4. The number of ether oxygens (including phenoxy) is 1. The first-order chi connectivity index (χ1) is 6.97. The first-order valence-corrected chi connectivity index (χ1v) is 5.12. The summed E-state index contributed by atoms with van der Waals surface area (Å²) in [5.41, 5.74) is 0. The molecule has 0 heterocycles. The van der Waals surface area contributed by atoms with Crippen molar-refractivity contribution in [2.75, 3.05) is 0 Å². The number of aliphatic carboxylic acids is 1. The number of carbonyl (C=O) groups is 2. The molecule has 0 aromatic rings. The Morgan fingerprint density at radius 2 is 1.80 bits per heavy atom. The second kappa shape index (κ2) is 4.61. The number of carboxylic acid groups (broad SMARTS) is 1. The van der Waals surface area contributed by atoms with Crippen LogP contribution in [0.25, 0.3) is 0 Å². The van der Waals surface area contributed by atoms with E-state index in [2.05, 4.69) is 4.74 Å². The maximum Gasteiger partial charge on any atom is 0.377 e. The Morgan fingerprint density at radius 1 is 1.27 bits per heavy atom. The van der Waals surface area contributed by atoms with Crippen LogP contribution in [-0.2, 0) is 14.3 Å². The van der Waals surface area contributed by atoms with Gasteiger partial charge in [0.05, 0.1) is 0 Å². The van der Waals surface area contributed by atoms with Gasteiger partial charge in [-0.3, -0.25) is 4.79 Å². The van der Waals surface area contributed by atoms with E-state index in [4.69, 9.17) is 5.11 Å². The van der Waals surface area contributed by atoms with Crippen LogP contribution in [0.2, 0.25) is 0 Å². The maximum absolute atomic E-state index is 10.9. The third kappa shape index (κ3) is 2.68. The lowest BCUT2D eigenvalue weighted by Gasteiger charge is -2.33. The highest BCUT2D eigenvalue weighted by atomic mass is 16.7. The minimum atomic E-state index is -2.34. The van der Waals surface area contributed by atoms with Gasteiger partial charge in [0.25, 0.3) is 0 Å². The molecule has 0 aliphatic heterocycles. The van der Waals surface area contributed by atoms with E-state index in [0.29, 0.717) is 12.8 Å². The van der Waals surface area contributed by atoms with E-state index in [1.807, 2.05) is 0 Å². The molecule has 15 heavy (non-hydrogen) atoms. The topological polar surface area (TPSA) is 83.8 Å². The van der Waals surface area contributed by atoms with Gasteiger partial charge in [-0.05, 0) is 12.8 Å². The van der Waals surface area contributed by atoms with E-state index < -0.39 is 23.6 Å². The Bertz CT molecular complexity index is 257. The average Bonchev–Trinajstić information content (AvgIpc) is 2.17. The van der Waals surface area contributed by atoms with Crippen LogP contribution in [-0.4, -0.2) is 27.9 Å². The maximum atomic E-state index is 10.9. The van der Waals surface area contributed by atoms with Gasteiger partial charge in [0.1, 0.15) is 0 Å². The summed E-state index contributed by atoms with van der Waals surface area (Å²) in [5, 5.41) is 18.7. The van der Waals surface area contributed by atoms with E-state index >= 15 is 0 Å². The molecule has 1 atom stereocenters. The van der Waals surface area contributed by atoms with Crippen molar-refractivity contribution in [3.63, 3.8) is 0 Å². The zero-order valence-corrected chi connectivity index (χ0v) is 8.73. The van der Waals surface area contributed by atoms with E-state index in [1.165, 1.54) is 0 Å². The van der Waals surface area contributed by atoms with Crippen LogP contribution in [0.15, 0.2) is 0 Å². The number of rotatable bonds is 3. The third-order valence-corrected chi connectivity index (χ3v) is 2.76. The van der Waals surface area contributed by atoms with Gasteiger partial charge in [-0.2, -0.15) is 0 Å². The Labute approximate surface area is 88.0 Å². The van der Waals surface area contributed by atoms with Crippen molar-refractivity contribution in [3.05, 3.63) is 0 Å². The molecular weight excluding hydrogens is 200 g/mol. The van der Waals surface area contributed by atoms with Crippen molar-refractivity contribution in [1.29, 1.82) is 0 Å². The van der Waals surface area contributed by atoms with Gasteiger partial charge in [0.15, 0.2) is 0 Å². The zero-order valence-electron chi connectivity index (χ0n) is 8.73. The Hall–Kier alpha value is -1.10. The minimum Gasteiger partial charge on any atom is -0.476 e. The summed E-state index contributed by atoms with van der Waals surface area (Å²) in [6.45, 7) is 1.09. The van der Waals surface area contributed by atoms with Crippen molar-refractivity contribution in [1.82, 2.24) is 0 Å². The molecule has 86 valence electrons. The van der Waals surface area contributed by atoms with Crippen LogP contribution in [0.4, 0.5) is 0 Å². The van der Waals surface area contributed by atoms with E-state index in [1.54, 1.807) is 0 Å². The lowest BCUT2D eigenvalue weighted by molar-refractivity contribution is -0.241. The molecule has 0 saturated heterocycles. The fourth-order valence-electron chi connectivity index (χ4n) is 2.01. The molecule has 0 spiro atoms. The quantitative estimate of drug-likeness (QED) is 0.541. The van der Waals surface area contributed by atoms with Crippen LogP contribution in [0.1, 0.15) is 39.0 Å². The van der Waals surface area contributed by atoms with Gasteiger partial charge in [-0.25, -0.2) is 4.79 Å². The first-order valence-electron chi connectivity index (χ1n) is 5.12. The molecule has 1 saturated carbocycles. The second-order valence-corrected chi connectivity index (χ2v) is 3.93. The highest BCUT2D eigenvalue weighted by molar-refractivity contribution is 5.79. The van der Waals surface area contributed by atoms with Crippen LogP contribution in [0, 0.1) is 5.92 Å². The molecule has 0 amide bonds. The molecule has 2 N–H and O–H groups in total. The molecule has 0 aromatic heterocycles. The van der Waals surface area contributed by atoms with Crippen molar-refractivity contribution < 1.29 is 24.5 Å². The SMILES string of the molecule is CC(=O)O[C@](O)(C(=O)O)C1CCCCC1. The number of esters is 1. The summed E-state index contributed by atoms with van der Waals surface area (Å²) in [4.78, 5) is 21.7. The number of carboxylic acids is 1. The molecule has 1 fully saturated rings. The summed E-state index contributed by atoms with van der Waals surface area (Å²) in [6, 6.07) is 0. The second-order valence-electron chi connectivity index (χ2n) is 3.93. The summed E-state index contributed by atoms with van der Waals surface area (Å²) >= 11 is 0. The van der Waals surface area contributed by atoms with Gasteiger partial charge in [0, 0.05) is 12.8 Å². The first kappa shape index (κ1) is 12.0. The lowest BCUT2D eigenvalue weighted by Crippen LogP contribution is -2.50. The Kier molecular flexibility index (Phi) is 3.68. The summed E-state index contributed by atoms with van der Waals surface area (Å²) in [6.07, 6.45) is 3.92. The van der Waals surface area contributed by atoms with Gasteiger partial charge in [-0.1, -0.05) is 19.3 Å². The number of aliphatic hydroxyl groups is 1. The number of hydrogen-bond donors (Lipinski definition) is 2. The van der Waals surface area contributed by atoms with Gasteiger partial charge >= 0.3 is 17.7 Å². The van der Waals surface area contributed by atoms with Crippen LogP contribution in [0.5, 0.6) is 0 Å². The van der Waals surface area contributed by atoms with Crippen LogP contribution >= 0.6 is 0 Å². The summed E-state index contributed by atoms with van der Waals surface area (Å²) in [5.74, 6) is -5.09. The van der Waals surface area contributed by atoms with E-state index in [0.717, 1.165) is 26.2 Å². The highest BCUT2D eigenvalue weighted by Gasteiger charge is 2.47. The van der Waals surface area contributed by atoms with Gasteiger partial charge in [-0.15, -0.1) is 0 Å². The molecule has 5 heteroatoms. The largest absolute Gasteiger partial charge is 0.476 e. The fraction of sp³-hybridized carbons (Fsp3) is 0.800. The number of carbonyl (C=O) groups excluding carboxylic acids is 1. The minimum absolute atomic E-state index is 0.493. The Morgan fingerprint density at radius 3 is 2.20 bits per heavy atom. The van der Waals surface area contributed by atoms with Crippen LogP contribution in [0.3, 0.4) is 0 Å². The normalized spacial score (nSPS) is 21.7.